The van der Waals surface area contributed by atoms with E-state index in [1.54, 1.807) is 0 Å². The number of esters is 1. The van der Waals surface area contributed by atoms with Gasteiger partial charge in [-0.3, -0.25) is 4.79 Å². The average Bonchev–Trinajstić information content (AvgIpc) is 2.25. The van der Waals surface area contributed by atoms with Crippen molar-refractivity contribution in [2.75, 3.05) is 7.11 Å². The third-order valence-corrected chi connectivity index (χ3v) is 2.29. The van der Waals surface area contributed by atoms with Crippen molar-refractivity contribution in [3.8, 4) is 11.5 Å². The number of rotatable bonds is 3. The number of carbonyl (C=O) groups is 2. The van der Waals surface area contributed by atoms with E-state index in [0.29, 0.717) is 0 Å². The summed E-state index contributed by atoms with van der Waals surface area (Å²) in [5, 5.41) is 21.0. The first-order chi connectivity index (χ1) is 8.26. The second kappa shape index (κ2) is 4.95. The first-order valence-corrected chi connectivity index (χ1v) is 5.20. The molecule has 0 heterocycles. The molecule has 0 unspecified atom stereocenters. The minimum atomic E-state index is -1.20. The van der Waals surface area contributed by atoms with Gasteiger partial charge in [0, 0.05) is 11.6 Å². The molecule has 0 saturated carbocycles. The van der Waals surface area contributed by atoms with Crippen molar-refractivity contribution in [3.05, 3.63) is 23.8 Å². The zero-order valence-corrected chi connectivity index (χ0v) is 10.4. The minimum Gasteiger partial charge on any atom is -0.508 e. The number of carbonyl (C=O) groups excluding carboxylic acids is 2. The molecule has 1 aromatic carbocycles. The summed E-state index contributed by atoms with van der Waals surface area (Å²) in [7, 11) is 1.22. The van der Waals surface area contributed by atoms with Gasteiger partial charge in [0.05, 0.1) is 7.11 Å². The van der Waals surface area contributed by atoms with Gasteiger partial charge in [-0.25, -0.2) is 4.79 Å². The molecule has 0 saturated heterocycles. The number of hydrogen-bond donors (Lipinski definition) is 3. The fourth-order valence-electron chi connectivity index (χ4n) is 1.39. The van der Waals surface area contributed by atoms with Crippen LogP contribution in [-0.2, 0) is 9.53 Å². The summed E-state index contributed by atoms with van der Waals surface area (Å²) in [6, 6.07) is 3.47. The molecule has 0 aliphatic carbocycles. The molecule has 18 heavy (non-hydrogen) atoms. The maximum Gasteiger partial charge on any atom is 0.330 e. The molecule has 1 aromatic rings. The zero-order valence-electron chi connectivity index (χ0n) is 10.4. The summed E-state index contributed by atoms with van der Waals surface area (Å²) in [6.07, 6.45) is 0. The monoisotopic (exact) mass is 253 g/mol. The van der Waals surface area contributed by atoms with Crippen molar-refractivity contribution in [1.29, 1.82) is 0 Å². The van der Waals surface area contributed by atoms with Crippen molar-refractivity contribution in [3.63, 3.8) is 0 Å². The van der Waals surface area contributed by atoms with Crippen LogP contribution in [0.5, 0.6) is 11.5 Å². The molecule has 0 aliphatic heterocycles. The van der Waals surface area contributed by atoms with Crippen molar-refractivity contribution in [1.82, 2.24) is 5.32 Å². The maximum atomic E-state index is 11.8. The first kappa shape index (κ1) is 13.8. The van der Waals surface area contributed by atoms with Gasteiger partial charge in [-0.05, 0) is 26.0 Å². The number of amides is 1. The molecule has 0 fully saturated rings. The Balaban J connectivity index is 2.92. The molecule has 98 valence electrons. The van der Waals surface area contributed by atoms with Crippen LogP contribution in [0.4, 0.5) is 0 Å². The average molecular weight is 253 g/mol. The van der Waals surface area contributed by atoms with Crippen LogP contribution in [0.3, 0.4) is 0 Å². The number of ether oxygens (including phenoxy) is 1. The highest BCUT2D eigenvalue weighted by molar-refractivity contribution is 5.98. The molecular weight excluding hydrogens is 238 g/mol. The van der Waals surface area contributed by atoms with E-state index in [0.717, 1.165) is 6.07 Å². The van der Waals surface area contributed by atoms with Crippen LogP contribution in [-0.4, -0.2) is 34.7 Å². The molecule has 1 amide bonds. The summed E-state index contributed by atoms with van der Waals surface area (Å²) < 4.78 is 4.55. The molecule has 1 rings (SSSR count). The molecule has 0 spiro atoms. The van der Waals surface area contributed by atoms with Crippen molar-refractivity contribution in [2.24, 2.45) is 0 Å². The highest BCUT2D eigenvalue weighted by atomic mass is 16.5. The lowest BCUT2D eigenvalue weighted by atomic mass is 10.0. The van der Waals surface area contributed by atoms with Gasteiger partial charge < -0.3 is 20.3 Å². The van der Waals surface area contributed by atoms with E-state index in [1.807, 2.05) is 0 Å². The number of nitrogens with one attached hydrogen (secondary N) is 1. The van der Waals surface area contributed by atoms with Crippen molar-refractivity contribution in [2.45, 2.75) is 19.4 Å². The molecule has 0 radical (unpaired) electrons. The Hall–Kier alpha value is -2.24. The Bertz CT molecular complexity index is 461. The highest BCUT2D eigenvalue weighted by Gasteiger charge is 2.30. The Morgan fingerprint density at radius 1 is 1.17 bits per heavy atom. The fourth-order valence-corrected chi connectivity index (χ4v) is 1.39. The van der Waals surface area contributed by atoms with Gasteiger partial charge in [-0.15, -0.1) is 0 Å². The summed E-state index contributed by atoms with van der Waals surface area (Å²) in [4.78, 5) is 23.2. The zero-order chi connectivity index (χ0) is 13.9. The van der Waals surface area contributed by atoms with Crippen LogP contribution in [0, 0.1) is 0 Å². The third kappa shape index (κ3) is 3.13. The second-order valence-electron chi connectivity index (χ2n) is 4.31. The molecule has 0 aromatic heterocycles. The summed E-state index contributed by atoms with van der Waals surface area (Å²) in [5.41, 5.74) is -1.16. The quantitative estimate of drug-likeness (QED) is 0.692. The molecule has 6 nitrogen and oxygen atoms in total. The normalized spacial score (nSPS) is 10.8. The Kier molecular flexibility index (Phi) is 3.80. The van der Waals surface area contributed by atoms with E-state index in [-0.39, 0.29) is 17.1 Å². The van der Waals surface area contributed by atoms with E-state index in [9.17, 15) is 19.8 Å². The van der Waals surface area contributed by atoms with E-state index >= 15 is 0 Å². The molecular formula is C12H15NO5. The number of aromatic hydroxyl groups is 2. The maximum absolute atomic E-state index is 11.8. The summed E-state index contributed by atoms with van der Waals surface area (Å²) in [5.74, 6) is -1.68. The third-order valence-electron chi connectivity index (χ3n) is 2.29. The SMILES string of the molecule is COC(=O)C(C)(C)NC(=O)c1cc(O)cc(O)c1. The smallest absolute Gasteiger partial charge is 0.330 e. The van der Waals surface area contributed by atoms with E-state index in [2.05, 4.69) is 10.1 Å². The Labute approximate surface area is 104 Å². The topological polar surface area (TPSA) is 95.9 Å². The van der Waals surface area contributed by atoms with Gasteiger partial charge in [0.2, 0.25) is 0 Å². The van der Waals surface area contributed by atoms with Crippen LogP contribution in [0.25, 0.3) is 0 Å². The van der Waals surface area contributed by atoms with Crippen LogP contribution in [0.1, 0.15) is 24.2 Å². The largest absolute Gasteiger partial charge is 0.508 e. The lowest BCUT2D eigenvalue weighted by Gasteiger charge is -2.23. The summed E-state index contributed by atoms with van der Waals surface area (Å²) in [6.45, 7) is 2.97. The molecule has 0 aliphatic rings. The minimum absolute atomic E-state index is 0.0458. The van der Waals surface area contributed by atoms with Gasteiger partial charge >= 0.3 is 5.97 Å². The van der Waals surface area contributed by atoms with E-state index < -0.39 is 17.4 Å². The number of hydrogen-bond acceptors (Lipinski definition) is 5. The van der Waals surface area contributed by atoms with E-state index in [1.165, 1.54) is 33.1 Å². The van der Waals surface area contributed by atoms with Gasteiger partial charge in [-0.2, -0.15) is 0 Å². The van der Waals surface area contributed by atoms with E-state index in [4.69, 9.17) is 0 Å². The number of phenolic OH excluding ortho intramolecular Hbond substituents is 2. The van der Waals surface area contributed by atoms with Gasteiger partial charge in [0.1, 0.15) is 17.0 Å². The number of benzene rings is 1. The number of phenols is 2. The standard InChI is InChI=1S/C12H15NO5/c1-12(2,11(17)18-3)13-10(16)7-4-8(14)6-9(15)5-7/h4-6,14-15H,1-3H3,(H,13,16). The molecule has 0 bridgehead atoms. The second-order valence-corrected chi connectivity index (χ2v) is 4.31. The van der Waals surface area contributed by atoms with Gasteiger partial charge in [0.25, 0.3) is 5.91 Å². The Morgan fingerprint density at radius 3 is 2.11 bits per heavy atom. The highest BCUT2D eigenvalue weighted by Crippen LogP contribution is 2.20. The summed E-state index contributed by atoms with van der Waals surface area (Å²) >= 11 is 0. The fraction of sp³-hybridized carbons (Fsp3) is 0.333. The van der Waals surface area contributed by atoms with Gasteiger partial charge in [-0.1, -0.05) is 0 Å². The number of methoxy groups -OCH3 is 1. The van der Waals surface area contributed by atoms with Gasteiger partial charge in [0.15, 0.2) is 0 Å². The van der Waals surface area contributed by atoms with Crippen LogP contribution in [0.15, 0.2) is 18.2 Å². The molecule has 6 heteroatoms. The van der Waals surface area contributed by atoms with Crippen molar-refractivity contribution < 1.29 is 24.5 Å². The van der Waals surface area contributed by atoms with Crippen LogP contribution < -0.4 is 5.32 Å². The van der Waals surface area contributed by atoms with Crippen LogP contribution in [0.2, 0.25) is 0 Å². The predicted molar refractivity (Wildman–Crippen MR) is 63.3 cm³/mol. The predicted octanol–water partition coefficient (Wildman–Crippen LogP) is 0.779. The molecule has 0 atom stereocenters. The van der Waals surface area contributed by atoms with Crippen molar-refractivity contribution >= 4 is 11.9 Å². The lowest BCUT2D eigenvalue weighted by molar-refractivity contribution is -0.146. The Morgan fingerprint density at radius 2 is 1.67 bits per heavy atom. The lowest BCUT2D eigenvalue weighted by Crippen LogP contribution is -2.50. The first-order valence-electron chi connectivity index (χ1n) is 5.20. The molecule has 3 N–H and O–H groups in total. The van der Waals surface area contributed by atoms with Crippen LogP contribution >= 0.6 is 0 Å².